The average Bonchev–Trinajstić information content (AvgIpc) is 2.98. The maximum absolute atomic E-state index is 13.0. The van der Waals surface area contributed by atoms with Crippen molar-refractivity contribution in [1.82, 2.24) is 9.80 Å². The highest BCUT2D eigenvalue weighted by atomic mass is 16.2. The lowest BCUT2D eigenvalue weighted by atomic mass is 9.81. The van der Waals surface area contributed by atoms with Crippen molar-refractivity contribution in [1.29, 1.82) is 0 Å². The molecule has 2 fully saturated rings. The van der Waals surface area contributed by atoms with Crippen LogP contribution in [0.15, 0.2) is 48.5 Å². The number of likely N-dealkylation sites (tertiary alicyclic amines) is 2. The summed E-state index contributed by atoms with van der Waals surface area (Å²) in [5.74, 6) is 0.801. The van der Waals surface area contributed by atoms with Crippen molar-refractivity contribution < 1.29 is 4.79 Å². The van der Waals surface area contributed by atoms with Crippen molar-refractivity contribution >= 4 is 5.91 Å². The van der Waals surface area contributed by atoms with Crippen LogP contribution in [0.5, 0.6) is 0 Å². The molecule has 3 nitrogen and oxygen atoms in total. The molecule has 1 amide bonds. The molecule has 2 aromatic rings. The third-order valence-electron chi connectivity index (χ3n) is 6.65. The number of piperidine rings is 1. The molecule has 27 heavy (non-hydrogen) atoms. The number of aryl methyl sites for hydroxylation is 2. The summed E-state index contributed by atoms with van der Waals surface area (Å²) in [7, 11) is 2.27. The molecule has 0 unspecified atom stereocenters. The lowest BCUT2D eigenvalue weighted by Gasteiger charge is -2.43. The molecule has 3 heteroatoms. The first-order valence-corrected chi connectivity index (χ1v) is 10.1. The number of carbonyl (C=O) groups excluding carboxylic acids is 1. The van der Waals surface area contributed by atoms with Crippen LogP contribution in [0.25, 0.3) is 0 Å². The van der Waals surface area contributed by atoms with E-state index in [2.05, 4.69) is 67.1 Å². The summed E-state index contributed by atoms with van der Waals surface area (Å²) in [4.78, 5) is 17.6. The van der Waals surface area contributed by atoms with Crippen molar-refractivity contribution in [2.24, 2.45) is 0 Å². The Morgan fingerprint density at radius 3 is 2.26 bits per heavy atom. The molecule has 2 saturated heterocycles. The number of carbonyl (C=O) groups is 1. The molecule has 2 aliphatic rings. The van der Waals surface area contributed by atoms with Gasteiger partial charge in [-0.2, -0.15) is 0 Å². The first-order chi connectivity index (χ1) is 13.0. The lowest BCUT2D eigenvalue weighted by Crippen LogP contribution is -2.52. The summed E-state index contributed by atoms with van der Waals surface area (Å²) in [6.45, 7) is 6.96. The van der Waals surface area contributed by atoms with Crippen LogP contribution in [-0.4, -0.2) is 47.9 Å². The van der Waals surface area contributed by atoms with Crippen LogP contribution < -0.4 is 0 Å². The van der Waals surface area contributed by atoms with Crippen molar-refractivity contribution in [2.75, 3.05) is 26.7 Å². The molecule has 1 atom stereocenters. The van der Waals surface area contributed by atoms with Gasteiger partial charge in [-0.05, 0) is 63.8 Å². The molecular formula is C24H30N2O. The van der Waals surface area contributed by atoms with Crippen molar-refractivity contribution in [3.8, 4) is 0 Å². The van der Waals surface area contributed by atoms with Crippen LogP contribution in [0.3, 0.4) is 0 Å². The van der Waals surface area contributed by atoms with Gasteiger partial charge in [-0.25, -0.2) is 0 Å². The predicted molar refractivity (Wildman–Crippen MR) is 110 cm³/mol. The fourth-order valence-electron chi connectivity index (χ4n) is 5.14. The number of hydrogen-bond acceptors (Lipinski definition) is 2. The first kappa shape index (κ1) is 18.2. The van der Waals surface area contributed by atoms with E-state index in [0.29, 0.717) is 5.92 Å². The monoisotopic (exact) mass is 362 g/mol. The molecule has 0 aliphatic carbocycles. The van der Waals surface area contributed by atoms with Crippen molar-refractivity contribution in [3.63, 3.8) is 0 Å². The fraction of sp³-hybridized carbons (Fsp3) is 0.458. The van der Waals surface area contributed by atoms with Crippen molar-refractivity contribution in [2.45, 2.75) is 44.6 Å². The Bertz CT molecular complexity index is 801. The number of amides is 1. The highest BCUT2D eigenvalue weighted by Gasteiger charge is 2.46. The van der Waals surface area contributed by atoms with Gasteiger partial charge in [0.25, 0.3) is 5.91 Å². The summed E-state index contributed by atoms with van der Waals surface area (Å²) in [5, 5.41) is 0. The second kappa shape index (κ2) is 7.12. The van der Waals surface area contributed by atoms with Gasteiger partial charge in [0.15, 0.2) is 0 Å². The van der Waals surface area contributed by atoms with Gasteiger partial charge in [0, 0.05) is 30.7 Å². The minimum absolute atomic E-state index is 0.192. The summed E-state index contributed by atoms with van der Waals surface area (Å²) in [5.41, 5.74) is 4.86. The third-order valence-corrected chi connectivity index (χ3v) is 6.65. The molecule has 0 saturated carbocycles. The van der Waals surface area contributed by atoms with E-state index in [1.165, 1.54) is 12.0 Å². The molecule has 1 spiro atoms. The Morgan fingerprint density at radius 1 is 1.00 bits per heavy atom. The molecule has 4 rings (SSSR count). The van der Waals surface area contributed by atoms with Crippen molar-refractivity contribution in [3.05, 3.63) is 70.8 Å². The fourth-order valence-corrected chi connectivity index (χ4v) is 5.14. The molecular weight excluding hydrogens is 332 g/mol. The van der Waals surface area contributed by atoms with Crippen LogP contribution in [0.1, 0.15) is 52.2 Å². The van der Waals surface area contributed by atoms with E-state index in [9.17, 15) is 4.79 Å². The standard InChI is InChI=1S/C24H30N2O/c1-18-13-19(2)15-21(14-18)23(27)26-11-9-24(10-12-26)16-22(17-25(24)3)20-7-5-4-6-8-20/h4-8,13-15,22H,9-12,16-17H2,1-3H3/t22-/m1/s1. The quantitative estimate of drug-likeness (QED) is 0.791. The van der Waals surface area contributed by atoms with Crippen LogP contribution >= 0.6 is 0 Å². The summed E-state index contributed by atoms with van der Waals surface area (Å²) in [6.07, 6.45) is 3.35. The number of benzene rings is 2. The highest BCUT2D eigenvalue weighted by molar-refractivity contribution is 5.94. The smallest absolute Gasteiger partial charge is 0.253 e. The maximum Gasteiger partial charge on any atom is 0.253 e. The van der Waals surface area contributed by atoms with E-state index in [1.54, 1.807) is 0 Å². The summed E-state index contributed by atoms with van der Waals surface area (Å²) >= 11 is 0. The Hall–Kier alpha value is -2.13. The van der Waals surface area contributed by atoms with Gasteiger partial charge in [0.05, 0.1) is 0 Å². The second-order valence-corrected chi connectivity index (χ2v) is 8.59. The van der Waals surface area contributed by atoms with Crippen LogP contribution in [0, 0.1) is 13.8 Å². The lowest BCUT2D eigenvalue weighted by molar-refractivity contribution is 0.0492. The van der Waals surface area contributed by atoms with Crippen LogP contribution in [-0.2, 0) is 0 Å². The largest absolute Gasteiger partial charge is 0.339 e. The minimum atomic E-state index is 0.192. The van der Waals surface area contributed by atoms with Gasteiger partial charge in [-0.1, -0.05) is 47.5 Å². The number of rotatable bonds is 2. The Morgan fingerprint density at radius 2 is 1.63 bits per heavy atom. The predicted octanol–water partition coefficient (Wildman–Crippen LogP) is 4.40. The Kier molecular flexibility index (Phi) is 4.81. The van der Waals surface area contributed by atoms with E-state index in [0.717, 1.165) is 49.2 Å². The highest BCUT2D eigenvalue weighted by Crippen LogP contribution is 2.44. The zero-order valence-corrected chi connectivity index (χ0v) is 16.7. The molecule has 2 aromatic carbocycles. The van der Waals surface area contributed by atoms with Gasteiger partial charge < -0.3 is 4.90 Å². The number of nitrogens with zero attached hydrogens (tertiary/aromatic N) is 2. The molecule has 2 aliphatic heterocycles. The average molecular weight is 363 g/mol. The zero-order valence-electron chi connectivity index (χ0n) is 16.7. The number of hydrogen-bond donors (Lipinski definition) is 0. The molecule has 0 aromatic heterocycles. The van der Waals surface area contributed by atoms with Crippen LogP contribution in [0.2, 0.25) is 0 Å². The normalized spacial score (nSPS) is 22.3. The maximum atomic E-state index is 13.0. The SMILES string of the molecule is Cc1cc(C)cc(C(=O)N2CCC3(CC2)C[C@@H](c2ccccc2)CN3C)c1. The van der Waals surface area contributed by atoms with E-state index < -0.39 is 0 Å². The first-order valence-electron chi connectivity index (χ1n) is 10.1. The number of likely N-dealkylation sites (N-methyl/N-ethyl adjacent to an activating group) is 1. The molecule has 0 bridgehead atoms. The Labute approximate surface area is 163 Å². The van der Waals surface area contributed by atoms with Gasteiger partial charge in [0.2, 0.25) is 0 Å². The van der Waals surface area contributed by atoms with Gasteiger partial charge >= 0.3 is 0 Å². The molecule has 0 N–H and O–H groups in total. The van der Waals surface area contributed by atoms with E-state index in [4.69, 9.17) is 0 Å². The van der Waals surface area contributed by atoms with E-state index in [-0.39, 0.29) is 11.4 Å². The van der Waals surface area contributed by atoms with Crippen LogP contribution in [0.4, 0.5) is 0 Å². The molecule has 142 valence electrons. The van der Waals surface area contributed by atoms with Gasteiger partial charge in [0.1, 0.15) is 0 Å². The van der Waals surface area contributed by atoms with Gasteiger partial charge in [-0.15, -0.1) is 0 Å². The molecule has 0 radical (unpaired) electrons. The summed E-state index contributed by atoms with van der Waals surface area (Å²) < 4.78 is 0. The summed E-state index contributed by atoms with van der Waals surface area (Å²) in [6, 6.07) is 17.1. The third kappa shape index (κ3) is 3.53. The Balaban J connectivity index is 1.44. The van der Waals surface area contributed by atoms with E-state index >= 15 is 0 Å². The van der Waals surface area contributed by atoms with Gasteiger partial charge in [-0.3, -0.25) is 9.69 Å². The van der Waals surface area contributed by atoms with E-state index in [1.807, 2.05) is 12.1 Å². The topological polar surface area (TPSA) is 23.6 Å². The second-order valence-electron chi connectivity index (χ2n) is 8.59. The zero-order chi connectivity index (χ0) is 19.0. The minimum Gasteiger partial charge on any atom is -0.339 e. The molecule has 2 heterocycles.